The molecule has 0 amide bonds. The van der Waals surface area contributed by atoms with Crippen molar-refractivity contribution in [2.24, 2.45) is 0 Å². The zero-order valence-corrected chi connectivity index (χ0v) is 13.7. The van der Waals surface area contributed by atoms with Crippen LogP contribution in [-0.4, -0.2) is 9.98 Å². The summed E-state index contributed by atoms with van der Waals surface area (Å²) in [5.41, 5.74) is 5.35. The molecule has 2 N–H and O–H groups in total. The fourth-order valence-electron chi connectivity index (χ4n) is 2.22. The maximum absolute atomic E-state index is 13.6. The van der Waals surface area contributed by atoms with Crippen molar-refractivity contribution >= 4 is 34.5 Å². The number of aromatic nitrogens is 1. The molecule has 0 radical (unpaired) electrons. The van der Waals surface area contributed by atoms with Crippen LogP contribution in [0.3, 0.4) is 0 Å². The van der Waals surface area contributed by atoms with Crippen molar-refractivity contribution in [2.75, 3.05) is 5.32 Å². The van der Waals surface area contributed by atoms with Gasteiger partial charge in [-0.25, -0.2) is 9.37 Å². The Bertz CT molecular complexity index is 711. The lowest BCUT2D eigenvalue weighted by atomic mass is 10.2. The average Bonchev–Trinajstić information content (AvgIpc) is 3.02. The lowest BCUT2D eigenvalue weighted by Gasteiger charge is -2.28. The summed E-state index contributed by atoms with van der Waals surface area (Å²) >= 11 is 3.26. The van der Waals surface area contributed by atoms with Crippen molar-refractivity contribution in [3.63, 3.8) is 0 Å². The molecule has 21 heavy (non-hydrogen) atoms. The van der Waals surface area contributed by atoms with Gasteiger partial charge in [0.25, 0.3) is 0 Å². The van der Waals surface area contributed by atoms with Gasteiger partial charge in [-0.2, -0.15) is 0 Å². The van der Waals surface area contributed by atoms with Crippen LogP contribution >= 0.6 is 23.1 Å². The van der Waals surface area contributed by atoms with E-state index in [1.54, 1.807) is 36.1 Å². The molecule has 0 fully saturated rings. The number of aryl methyl sites for hydroxylation is 1. The Morgan fingerprint density at radius 1 is 1.33 bits per heavy atom. The largest absolute Gasteiger partial charge is 0.354 e. The van der Waals surface area contributed by atoms with E-state index in [9.17, 15) is 4.39 Å². The number of halogens is 1. The second-order valence-electron chi connectivity index (χ2n) is 5.11. The minimum Gasteiger partial charge on any atom is -0.354 e. The first-order valence-corrected chi connectivity index (χ1v) is 8.34. The fourth-order valence-corrected chi connectivity index (χ4v) is 3.94. The molecule has 0 spiro atoms. The molecule has 0 saturated carbocycles. The lowest BCUT2D eigenvalue weighted by molar-refractivity contribution is 0.616. The van der Waals surface area contributed by atoms with Crippen molar-refractivity contribution < 1.29 is 4.39 Å². The number of nitrogens with one attached hydrogen (secondary N) is 2. The van der Waals surface area contributed by atoms with Crippen molar-refractivity contribution in [1.82, 2.24) is 10.3 Å². The molecule has 3 nitrogen and oxygen atoms in total. The highest BCUT2D eigenvalue weighted by atomic mass is 32.2. The van der Waals surface area contributed by atoms with Crippen LogP contribution < -0.4 is 10.6 Å². The Kier molecular flexibility index (Phi) is 3.67. The Labute approximate surface area is 131 Å². The van der Waals surface area contributed by atoms with Crippen molar-refractivity contribution in [2.45, 2.75) is 25.8 Å². The lowest BCUT2D eigenvalue weighted by Crippen LogP contribution is -2.42. The molecule has 0 aliphatic carbocycles. The van der Waals surface area contributed by atoms with E-state index < -0.39 is 4.99 Å². The molecule has 3 rings (SSSR count). The summed E-state index contributed by atoms with van der Waals surface area (Å²) in [5.74, 6) is -0.196. The zero-order chi connectivity index (χ0) is 15.0. The van der Waals surface area contributed by atoms with Gasteiger partial charge in [0, 0.05) is 11.3 Å². The summed E-state index contributed by atoms with van der Waals surface area (Å²) in [6.07, 6.45) is 0. The molecule has 0 saturated heterocycles. The van der Waals surface area contributed by atoms with E-state index in [-0.39, 0.29) is 5.82 Å². The van der Waals surface area contributed by atoms with Crippen LogP contribution in [0.1, 0.15) is 23.1 Å². The number of nitrogens with zero attached hydrogens (tertiary/aromatic N) is 1. The maximum Gasteiger partial charge on any atom is 0.158 e. The monoisotopic (exact) mass is 321 g/mol. The second kappa shape index (κ2) is 5.35. The van der Waals surface area contributed by atoms with Crippen LogP contribution in [0, 0.1) is 19.7 Å². The number of hydrogen-bond acceptors (Lipinski definition) is 5. The molecule has 110 valence electrons. The topological polar surface area (TPSA) is 37.0 Å². The molecule has 1 aliphatic heterocycles. The normalized spacial score (nSPS) is 21.0. The average molecular weight is 321 g/mol. The van der Waals surface area contributed by atoms with E-state index in [2.05, 4.69) is 21.0 Å². The molecular formula is C15H16FN3S2. The van der Waals surface area contributed by atoms with Crippen molar-refractivity contribution in [3.05, 3.63) is 51.1 Å². The van der Waals surface area contributed by atoms with Gasteiger partial charge >= 0.3 is 0 Å². The highest BCUT2D eigenvalue weighted by Crippen LogP contribution is 2.38. The molecule has 0 bridgehead atoms. The molecule has 1 atom stereocenters. The van der Waals surface area contributed by atoms with Crippen LogP contribution in [0.25, 0.3) is 5.70 Å². The van der Waals surface area contributed by atoms with Gasteiger partial charge in [0.1, 0.15) is 5.82 Å². The highest BCUT2D eigenvalue weighted by molar-refractivity contribution is 8.04. The first kappa shape index (κ1) is 14.4. The predicted molar refractivity (Wildman–Crippen MR) is 88.7 cm³/mol. The van der Waals surface area contributed by atoms with E-state index in [1.807, 2.05) is 25.4 Å². The number of benzene rings is 1. The zero-order valence-electron chi connectivity index (χ0n) is 12.0. The van der Waals surface area contributed by atoms with E-state index in [4.69, 9.17) is 0 Å². The van der Waals surface area contributed by atoms with Gasteiger partial charge in [-0.3, -0.25) is 0 Å². The van der Waals surface area contributed by atoms with Gasteiger partial charge in [0.2, 0.25) is 0 Å². The molecule has 2 heterocycles. The molecule has 1 aromatic carbocycles. The van der Waals surface area contributed by atoms with Crippen molar-refractivity contribution in [1.29, 1.82) is 0 Å². The van der Waals surface area contributed by atoms with Gasteiger partial charge in [-0.05, 0) is 38.3 Å². The Balaban J connectivity index is 1.79. The second-order valence-corrected chi connectivity index (χ2v) is 7.25. The van der Waals surface area contributed by atoms with Crippen LogP contribution in [0.2, 0.25) is 0 Å². The number of hydrogen-bond donors (Lipinski definition) is 2. The standard InChI is InChI=1S/C15H16FN3S2/c1-9-11(16)5-4-6-12(9)18-15(3)19-13(7-21-15)14-10(2)17-8-20-14/h4-8,18-19H,1-3H3. The summed E-state index contributed by atoms with van der Waals surface area (Å²) in [5, 5.41) is 8.93. The predicted octanol–water partition coefficient (Wildman–Crippen LogP) is 4.32. The van der Waals surface area contributed by atoms with E-state index in [0.717, 1.165) is 22.0 Å². The molecule has 2 aromatic rings. The summed E-state index contributed by atoms with van der Waals surface area (Å²) in [7, 11) is 0. The smallest absolute Gasteiger partial charge is 0.158 e. The Morgan fingerprint density at radius 3 is 2.86 bits per heavy atom. The third kappa shape index (κ3) is 2.78. The number of thioether (sulfide) groups is 1. The van der Waals surface area contributed by atoms with Gasteiger partial charge in [-0.1, -0.05) is 17.8 Å². The first-order chi connectivity index (χ1) is 9.98. The first-order valence-electron chi connectivity index (χ1n) is 6.58. The number of anilines is 1. The number of rotatable bonds is 3. The van der Waals surface area contributed by atoms with Gasteiger partial charge in [0.05, 0.1) is 21.8 Å². The summed E-state index contributed by atoms with van der Waals surface area (Å²) in [6, 6.07) is 5.08. The summed E-state index contributed by atoms with van der Waals surface area (Å²) < 4.78 is 13.6. The van der Waals surface area contributed by atoms with Crippen LogP contribution in [0.5, 0.6) is 0 Å². The SMILES string of the molecule is Cc1ncsc1C1=CSC(C)(Nc2cccc(F)c2C)N1. The van der Waals surface area contributed by atoms with Crippen molar-refractivity contribution in [3.8, 4) is 0 Å². The van der Waals surface area contributed by atoms with Crippen LogP contribution in [0.15, 0.2) is 29.1 Å². The van der Waals surface area contributed by atoms with E-state index >= 15 is 0 Å². The molecule has 1 unspecified atom stereocenters. The highest BCUT2D eigenvalue weighted by Gasteiger charge is 2.31. The third-order valence-electron chi connectivity index (χ3n) is 3.42. The molecule has 6 heteroatoms. The van der Waals surface area contributed by atoms with Crippen LogP contribution in [-0.2, 0) is 0 Å². The minimum atomic E-state index is -0.398. The Hall–Kier alpha value is -1.53. The maximum atomic E-state index is 13.6. The summed E-state index contributed by atoms with van der Waals surface area (Å²) in [4.78, 5) is 5.02. The molecular weight excluding hydrogens is 305 g/mol. The molecule has 1 aromatic heterocycles. The fraction of sp³-hybridized carbons (Fsp3) is 0.267. The van der Waals surface area contributed by atoms with Gasteiger partial charge in [-0.15, -0.1) is 11.3 Å². The number of thiazole rings is 1. The van der Waals surface area contributed by atoms with Gasteiger partial charge < -0.3 is 10.6 Å². The van der Waals surface area contributed by atoms with Gasteiger partial charge in [0.15, 0.2) is 4.99 Å². The van der Waals surface area contributed by atoms with E-state index in [1.165, 1.54) is 6.07 Å². The third-order valence-corrected chi connectivity index (χ3v) is 5.41. The minimum absolute atomic E-state index is 0.196. The quantitative estimate of drug-likeness (QED) is 0.883. The van der Waals surface area contributed by atoms with Crippen LogP contribution in [0.4, 0.5) is 10.1 Å². The summed E-state index contributed by atoms with van der Waals surface area (Å²) in [6.45, 7) is 5.82. The Morgan fingerprint density at radius 2 is 2.14 bits per heavy atom. The molecule has 1 aliphatic rings. The van der Waals surface area contributed by atoms with E-state index in [0.29, 0.717) is 5.56 Å².